The third-order valence-electron chi connectivity index (χ3n) is 4.73. The summed E-state index contributed by atoms with van der Waals surface area (Å²) in [5.41, 5.74) is 1.60. The monoisotopic (exact) mass is 352 g/mol. The molecule has 0 saturated carbocycles. The lowest BCUT2D eigenvalue weighted by Gasteiger charge is -2.30. The van der Waals surface area contributed by atoms with Crippen molar-refractivity contribution in [1.29, 1.82) is 0 Å². The van der Waals surface area contributed by atoms with E-state index in [1.165, 1.54) is 0 Å². The molecule has 0 unspecified atom stereocenters. The number of anilines is 1. The summed E-state index contributed by atoms with van der Waals surface area (Å²) in [6.07, 6.45) is 1.27. The fourth-order valence-corrected chi connectivity index (χ4v) is 4.81. The summed E-state index contributed by atoms with van der Waals surface area (Å²) in [6, 6.07) is 7.61. The van der Waals surface area contributed by atoms with Crippen LogP contribution in [0, 0.1) is 5.92 Å². The lowest BCUT2D eigenvalue weighted by molar-refractivity contribution is 0.0945. The minimum absolute atomic E-state index is 0.0921. The number of hydrogen-bond acceptors (Lipinski definition) is 5. The zero-order chi connectivity index (χ0) is 17.0. The molecule has 0 radical (unpaired) electrons. The third kappa shape index (κ3) is 4.27. The first-order chi connectivity index (χ1) is 11.6. The summed E-state index contributed by atoms with van der Waals surface area (Å²) in [4.78, 5) is 14.8. The highest BCUT2D eigenvalue weighted by atomic mass is 32.2. The van der Waals surface area contributed by atoms with Crippen molar-refractivity contribution in [2.24, 2.45) is 5.92 Å². The van der Waals surface area contributed by atoms with Crippen molar-refractivity contribution in [3.63, 3.8) is 0 Å². The first-order valence-electron chi connectivity index (χ1n) is 8.45. The molecule has 1 aromatic carbocycles. The highest BCUT2D eigenvalue weighted by molar-refractivity contribution is 7.91. The summed E-state index contributed by atoms with van der Waals surface area (Å²) < 4.78 is 28.3. The number of amides is 1. The van der Waals surface area contributed by atoms with Gasteiger partial charge in [0.05, 0.1) is 30.3 Å². The van der Waals surface area contributed by atoms with Crippen molar-refractivity contribution in [2.75, 3.05) is 49.3 Å². The Kier molecular flexibility index (Phi) is 5.40. The van der Waals surface area contributed by atoms with E-state index in [0.717, 1.165) is 18.8 Å². The predicted molar refractivity (Wildman–Crippen MR) is 93.2 cm³/mol. The Hall–Kier alpha value is -1.60. The number of rotatable bonds is 4. The molecule has 6 nitrogen and oxygen atoms in total. The van der Waals surface area contributed by atoms with E-state index in [0.29, 0.717) is 38.2 Å². The molecule has 1 aromatic rings. The smallest absolute Gasteiger partial charge is 0.253 e. The number of para-hydroxylation sites is 1. The van der Waals surface area contributed by atoms with Gasteiger partial charge in [-0.3, -0.25) is 4.79 Å². The molecule has 2 aliphatic rings. The molecule has 2 saturated heterocycles. The normalized spacial score (nSPS) is 21.4. The molecule has 3 rings (SSSR count). The maximum Gasteiger partial charge on any atom is 0.253 e. The molecular formula is C17H24N2O4S. The average Bonchev–Trinajstić information content (AvgIpc) is 2.61. The maximum atomic E-state index is 12.6. The summed E-state index contributed by atoms with van der Waals surface area (Å²) in [5.74, 6) is 0.619. The molecular weight excluding hydrogens is 328 g/mol. The van der Waals surface area contributed by atoms with E-state index >= 15 is 0 Å². The van der Waals surface area contributed by atoms with Crippen LogP contribution in [0.15, 0.2) is 24.3 Å². The maximum absolute atomic E-state index is 12.6. The van der Waals surface area contributed by atoms with E-state index < -0.39 is 9.84 Å². The van der Waals surface area contributed by atoms with Crippen LogP contribution in [-0.2, 0) is 14.6 Å². The highest BCUT2D eigenvalue weighted by Gasteiger charge is 2.24. The van der Waals surface area contributed by atoms with E-state index in [1.807, 2.05) is 24.3 Å². The van der Waals surface area contributed by atoms with Gasteiger partial charge in [0, 0.05) is 25.3 Å². The molecule has 0 aromatic heterocycles. The summed E-state index contributed by atoms with van der Waals surface area (Å²) in [5, 5.41) is 2.98. The Balaban J connectivity index is 1.61. The van der Waals surface area contributed by atoms with Gasteiger partial charge in [-0.1, -0.05) is 12.1 Å². The van der Waals surface area contributed by atoms with Gasteiger partial charge in [0.25, 0.3) is 5.91 Å². The number of benzene rings is 1. The van der Waals surface area contributed by atoms with E-state index in [-0.39, 0.29) is 23.3 Å². The molecule has 24 heavy (non-hydrogen) atoms. The Morgan fingerprint density at radius 1 is 1.17 bits per heavy atom. The van der Waals surface area contributed by atoms with Gasteiger partial charge in [-0.15, -0.1) is 0 Å². The fraction of sp³-hybridized carbons (Fsp3) is 0.588. The van der Waals surface area contributed by atoms with Crippen LogP contribution in [0.5, 0.6) is 0 Å². The second-order valence-electron chi connectivity index (χ2n) is 6.42. The molecule has 2 heterocycles. The minimum atomic E-state index is -2.86. The Morgan fingerprint density at radius 2 is 1.83 bits per heavy atom. The summed E-state index contributed by atoms with van der Waals surface area (Å²) in [6.45, 7) is 3.44. The van der Waals surface area contributed by atoms with Crippen LogP contribution in [0.1, 0.15) is 23.2 Å². The second-order valence-corrected chi connectivity index (χ2v) is 8.73. The molecule has 0 spiro atoms. The van der Waals surface area contributed by atoms with Gasteiger partial charge in [-0.05, 0) is 30.9 Å². The van der Waals surface area contributed by atoms with Crippen LogP contribution in [0.2, 0.25) is 0 Å². The zero-order valence-corrected chi connectivity index (χ0v) is 14.6. The number of hydrogen-bond donors (Lipinski definition) is 1. The largest absolute Gasteiger partial charge is 0.378 e. The predicted octanol–water partition coefficient (Wildman–Crippen LogP) is 1.08. The van der Waals surface area contributed by atoms with E-state index in [9.17, 15) is 13.2 Å². The van der Waals surface area contributed by atoms with Crippen LogP contribution in [-0.4, -0.2) is 58.7 Å². The quantitative estimate of drug-likeness (QED) is 0.877. The number of carbonyl (C=O) groups is 1. The topological polar surface area (TPSA) is 75.7 Å². The number of sulfone groups is 1. The van der Waals surface area contributed by atoms with Crippen molar-refractivity contribution in [1.82, 2.24) is 5.32 Å². The van der Waals surface area contributed by atoms with Gasteiger partial charge in [0.2, 0.25) is 0 Å². The number of nitrogens with one attached hydrogen (secondary N) is 1. The lowest BCUT2D eigenvalue weighted by Crippen LogP contribution is -2.38. The van der Waals surface area contributed by atoms with Gasteiger partial charge < -0.3 is 15.0 Å². The van der Waals surface area contributed by atoms with Crippen LogP contribution >= 0.6 is 0 Å². The van der Waals surface area contributed by atoms with Crippen molar-refractivity contribution in [3.8, 4) is 0 Å². The summed E-state index contributed by atoms with van der Waals surface area (Å²) in [7, 11) is -2.86. The number of morpholine rings is 1. The van der Waals surface area contributed by atoms with Crippen molar-refractivity contribution >= 4 is 21.4 Å². The van der Waals surface area contributed by atoms with Crippen LogP contribution in [0.4, 0.5) is 5.69 Å². The minimum Gasteiger partial charge on any atom is -0.378 e. The second kappa shape index (κ2) is 7.53. The van der Waals surface area contributed by atoms with Gasteiger partial charge in [-0.25, -0.2) is 8.42 Å². The Morgan fingerprint density at radius 3 is 2.54 bits per heavy atom. The van der Waals surface area contributed by atoms with Crippen LogP contribution in [0.3, 0.4) is 0 Å². The van der Waals surface area contributed by atoms with Gasteiger partial charge in [0.15, 0.2) is 0 Å². The Bertz CT molecular complexity index is 670. The number of nitrogens with zero attached hydrogens (tertiary/aromatic N) is 1. The lowest BCUT2D eigenvalue weighted by atomic mass is 10.0. The van der Waals surface area contributed by atoms with Crippen molar-refractivity contribution in [3.05, 3.63) is 29.8 Å². The van der Waals surface area contributed by atoms with Gasteiger partial charge in [-0.2, -0.15) is 0 Å². The van der Waals surface area contributed by atoms with E-state index in [1.54, 1.807) is 0 Å². The first-order valence-corrected chi connectivity index (χ1v) is 10.3. The number of carbonyl (C=O) groups excluding carboxylic acids is 1. The molecule has 2 aliphatic heterocycles. The summed E-state index contributed by atoms with van der Waals surface area (Å²) >= 11 is 0. The molecule has 1 amide bonds. The Labute approximate surface area is 143 Å². The zero-order valence-electron chi connectivity index (χ0n) is 13.7. The van der Waals surface area contributed by atoms with Crippen LogP contribution < -0.4 is 10.2 Å². The SMILES string of the molecule is O=C(NCC1CCS(=O)(=O)CC1)c1ccccc1N1CCOCC1. The van der Waals surface area contributed by atoms with Gasteiger partial charge >= 0.3 is 0 Å². The molecule has 1 N–H and O–H groups in total. The molecule has 7 heteroatoms. The highest BCUT2D eigenvalue weighted by Crippen LogP contribution is 2.22. The van der Waals surface area contributed by atoms with Crippen LogP contribution in [0.25, 0.3) is 0 Å². The first kappa shape index (κ1) is 17.2. The van der Waals surface area contributed by atoms with Crippen molar-refractivity contribution < 1.29 is 17.9 Å². The molecule has 0 aliphatic carbocycles. The third-order valence-corrected chi connectivity index (χ3v) is 6.44. The molecule has 132 valence electrons. The van der Waals surface area contributed by atoms with E-state index in [2.05, 4.69) is 10.2 Å². The standard InChI is InChI=1S/C17H24N2O4S/c20-17(18-13-14-5-11-24(21,22)12-6-14)15-3-1-2-4-16(15)19-7-9-23-10-8-19/h1-4,14H,5-13H2,(H,18,20). The molecule has 0 bridgehead atoms. The van der Waals surface area contributed by atoms with E-state index in [4.69, 9.17) is 4.74 Å². The molecule has 2 fully saturated rings. The number of ether oxygens (including phenoxy) is 1. The molecule has 0 atom stereocenters. The van der Waals surface area contributed by atoms with Crippen molar-refractivity contribution in [2.45, 2.75) is 12.8 Å². The average molecular weight is 352 g/mol. The fourth-order valence-electron chi connectivity index (χ4n) is 3.22. The van der Waals surface area contributed by atoms with Gasteiger partial charge in [0.1, 0.15) is 9.84 Å².